The van der Waals surface area contributed by atoms with Crippen LogP contribution in [0.25, 0.3) is 0 Å². The average molecular weight is 256 g/mol. The van der Waals surface area contributed by atoms with Gasteiger partial charge in [0, 0.05) is 0 Å². The first-order chi connectivity index (χ1) is 2.00. The molecular formula is H9CaMgO4PSr. The summed E-state index contributed by atoms with van der Waals surface area (Å²) in [6.07, 6.45) is 0. The van der Waals surface area contributed by atoms with Crippen LogP contribution in [0.4, 0.5) is 0 Å². The molecule has 0 rings (SSSR count). The smallest absolute Gasteiger partial charge is 1.00 e. The normalized spacial score (nSPS) is 7.38. The van der Waals surface area contributed by atoms with E-state index in [-0.39, 0.29) is 115 Å². The Morgan fingerprint density at radius 1 is 1.25 bits per heavy atom. The Hall–Kier alpha value is 3.62. The summed E-state index contributed by atoms with van der Waals surface area (Å²) in [6, 6.07) is 0. The van der Waals surface area contributed by atoms with E-state index in [0.717, 1.165) is 0 Å². The van der Waals surface area contributed by atoms with Crippen molar-refractivity contribution in [1.29, 1.82) is 0 Å². The van der Waals surface area contributed by atoms with Gasteiger partial charge in [0.15, 0.2) is 0 Å². The molecule has 0 aromatic rings. The number of rotatable bonds is 0. The zero-order valence-electron chi connectivity index (χ0n) is 10.3. The van der Waals surface area contributed by atoms with Gasteiger partial charge in [-0.3, -0.25) is 0 Å². The Kier molecular flexibility index (Phi) is 30.0. The molecule has 0 radical (unpaired) electrons. The van der Waals surface area contributed by atoms with Crippen LogP contribution >= 0.6 is 7.82 Å². The Morgan fingerprint density at radius 2 is 1.25 bits per heavy atom. The third-order valence-corrected chi connectivity index (χ3v) is 0. The zero-order valence-corrected chi connectivity index (χ0v) is 12.3. The summed E-state index contributed by atoms with van der Waals surface area (Å²) in [5.41, 5.74) is 0. The van der Waals surface area contributed by atoms with Gasteiger partial charge in [0.05, 0.1) is 0 Å². The van der Waals surface area contributed by atoms with Crippen molar-refractivity contribution in [2.24, 2.45) is 0 Å². The van der Waals surface area contributed by atoms with Crippen LogP contribution in [0, 0.1) is 0 Å². The van der Waals surface area contributed by atoms with Crippen LogP contribution in [-0.2, 0) is 4.57 Å². The molecule has 8 heavy (non-hydrogen) atoms. The van der Waals surface area contributed by atoms with Crippen LogP contribution in [0.3, 0.4) is 0 Å². The molecule has 0 amide bonds. The molecule has 0 unspecified atom stereocenters. The first kappa shape index (κ1) is 22.6. The van der Waals surface area contributed by atoms with Crippen molar-refractivity contribution in [3.8, 4) is 0 Å². The topological polar surface area (TPSA) is 77.8 Å². The first-order valence-electron chi connectivity index (χ1n) is 0.783. The molecule has 0 aliphatic rings. The summed E-state index contributed by atoms with van der Waals surface area (Å²) >= 11 is 0. The van der Waals surface area contributed by atoms with Crippen molar-refractivity contribution in [3.63, 3.8) is 0 Å². The molecule has 0 atom stereocenters. The van der Waals surface area contributed by atoms with E-state index in [1.807, 2.05) is 0 Å². The molecule has 0 saturated carbocycles. The fraction of sp³-hybridized carbons (Fsp3) is 0. The largest absolute Gasteiger partial charge is 2.00 e. The van der Waals surface area contributed by atoms with Crippen molar-refractivity contribution >= 4 is 114 Å². The predicted molar refractivity (Wildman–Crippen MR) is 38.2 cm³/mol. The van der Waals surface area contributed by atoms with Crippen molar-refractivity contribution in [3.05, 3.63) is 0 Å². The molecule has 0 aliphatic heterocycles. The fourth-order valence-electron chi connectivity index (χ4n) is 0. The van der Waals surface area contributed by atoms with E-state index in [9.17, 15) is 0 Å². The number of hydrogen-bond acceptors (Lipinski definition) is 1. The molecule has 0 fully saturated rings. The molecular weight excluding hydrogens is 247 g/mol. The molecule has 0 saturated heterocycles. The van der Waals surface area contributed by atoms with Gasteiger partial charge in [-0.05, 0) is 0 Å². The van der Waals surface area contributed by atoms with Crippen LogP contribution in [0.15, 0.2) is 0 Å². The van der Waals surface area contributed by atoms with Gasteiger partial charge in [-0.15, -0.1) is 0 Å². The van der Waals surface area contributed by atoms with E-state index >= 15 is 0 Å². The van der Waals surface area contributed by atoms with Gasteiger partial charge >= 0.3 is 114 Å². The van der Waals surface area contributed by atoms with Crippen LogP contribution in [0.1, 0.15) is 8.56 Å². The third-order valence-electron chi connectivity index (χ3n) is 0. The van der Waals surface area contributed by atoms with Crippen molar-refractivity contribution < 1.29 is 27.8 Å². The van der Waals surface area contributed by atoms with Gasteiger partial charge in [-0.1, -0.05) is 0 Å². The molecule has 0 spiro atoms. The van der Waals surface area contributed by atoms with Gasteiger partial charge in [0.2, 0.25) is 0 Å². The minimum atomic E-state index is -4.64. The maximum Gasteiger partial charge on any atom is 2.00 e. The Labute approximate surface area is 139 Å². The Bertz CT molecular complexity index is 76.0. The molecule has 0 heterocycles. The van der Waals surface area contributed by atoms with Crippen molar-refractivity contribution in [1.82, 2.24) is 0 Å². The van der Waals surface area contributed by atoms with Gasteiger partial charge in [0.25, 0.3) is 0 Å². The fourth-order valence-corrected chi connectivity index (χ4v) is 0. The summed E-state index contributed by atoms with van der Waals surface area (Å²) in [4.78, 5) is 21.6. The minimum absolute atomic E-state index is 0. The molecule has 0 aromatic carbocycles. The van der Waals surface area contributed by atoms with Gasteiger partial charge in [-0.2, -0.15) is 0 Å². The summed E-state index contributed by atoms with van der Waals surface area (Å²) in [7, 11) is -4.64. The molecule has 8 heteroatoms. The number of hydrogen-bond donors (Lipinski definition) is 3. The van der Waals surface area contributed by atoms with Gasteiger partial charge < -0.3 is 23.2 Å². The van der Waals surface area contributed by atoms with Crippen molar-refractivity contribution in [2.75, 3.05) is 0 Å². The Balaban J connectivity index is -0.00000000222. The SMILES string of the molecule is O=P(O)(O)O.[Ca+2].[H-].[H-].[H-].[H-].[H-].[H-].[Mg+2].[Sr+2]. The molecule has 0 aromatic heterocycles. The summed E-state index contributed by atoms with van der Waals surface area (Å²) in [6.45, 7) is 0. The van der Waals surface area contributed by atoms with Crippen LogP contribution < -0.4 is 0 Å². The first-order valence-corrected chi connectivity index (χ1v) is 2.35. The second kappa shape index (κ2) is 10.6. The zero-order chi connectivity index (χ0) is 4.50. The van der Waals surface area contributed by atoms with Crippen molar-refractivity contribution in [2.45, 2.75) is 0 Å². The minimum Gasteiger partial charge on any atom is -1.00 e. The monoisotopic (exact) mass is 256 g/mol. The predicted octanol–water partition coefficient (Wildman–Crippen LogP) is -1.40. The number of phosphoric acid groups is 1. The molecule has 0 bridgehead atoms. The van der Waals surface area contributed by atoms with E-state index in [1.165, 1.54) is 0 Å². The molecule has 0 aliphatic carbocycles. The van der Waals surface area contributed by atoms with E-state index in [0.29, 0.717) is 0 Å². The van der Waals surface area contributed by atoms with E-state index < -0.39 is 7.82 Å². The second-order valence-electron chi connectivity index (χ2n) is 0.513. The van der Waals surface area contributed by atoms with Crippen LogP contribution in [0.2, 0.25) is 0 Å². The van der Waals surface area contributed by atoms with E-state index in [4.69, 9.17) is 19.2 Å². The maximum atomic E-state index is 8.88. The second-order valence-corrected chi connectivity index (χ2v) is 1.54. The summed E-state index contributed by atoms with van der Waals surface area (Å²) in [5, 5.41) is 0. The Morgan fingerprint density at radius 3 is 1.25 bits per heavy atom. The molecule has 44 valence electrons. The standard InChI is InChI=1S/Ca.Mg.H3O4P.Sr.6H/c;;1-5(2,3)4;;;;;;;/h;;(H3,1,2,3,4);;;;;;;/q2*+2;;+2;6*-1. The third kappa shape index (κ3) is 54.6. The van der Waals surface area contributed by atoms with E-state index in [1.54, 1.807) is 0 Å². The van der Waals surface area contributed by atoms with Gasteiger partial charge in [-0.25, -0.2) is 4.57 Å². The van der Waals surface area contributed by atoms with Crippen LogP contribution in [0.5, 0.6) is 0 Å². The quantitative estimate of drug-likeness (QED) is 0.368. The summed E-state index contributed by atoms with van der Waals surface area (Å²) < 4.78 is 8.88. The van der Waals surface area contributed by atoms with Crippen LogP contribution in [-0.4, -0.2) is 121 Å². The van der Waals surface area contributed by atoms with Gasteiger partial charge in [0.1, 0.15) is 0 Å². The summed E-state index contributed by atoms with van der Waals surface area (Å²) in [5.74, 6) is 0. The average Bonchev–Trinajstić information content (AvgIpc) is 0.722. The maximum absolute atomic E-state index is 8.88. The molecule has 4 nitrogen and oxygen atoms in total. The van der Waals surface area contributed by atoms with E-state index in [2.05, 4.69) is 0 Å². The molecule has 3 N–H and O–H groups in total.